The van der Waals surface area contributed by atoms with Crippen LogP contribution in [0, 0.1) is 11.7 Å². The van der Waals surface area contributed by atoms with E-state index in [1.165, 1.54) is 12.1 Å². The van der Waals surface area contributed by atoms with E-state index in [1.807, 2.05) is 17.2 Å². The first-order valence-corrected chi connectivity index (χ1v) is 12.3. The summed E-state index contributed by atoms with van der Waals surface area (Å²) in [5, 5.41) is 3.00. The molecule has 1 aromatic heterocycles. The highest BCUT2D eigenvalue weighted by molar-refractivity contribution is 5.79. The van der Waals surface area contributed by atoms with Crippen LogP contribution in [0.4, 0.5) is 10.1 Å². The molecule has 2 aliphatic rings. The highest BCUT2D eigenvalue weighted by atomic mass is 19.1. The highest BCUT2D eigenvalue weighted by Gasteiger charge is 2.28. The number of aromatic nitrogens is 1. The lowest BCUT2D eigenvalue weighted by molar-refractivity contribution is -0.136. The van der Waals surface area contributed by atoms with E-state index in [1.54, 1.807) is 18.3 Å². The summed E-state index contributed by atoms with van der Waals surface area (Å²) in [6, 6.07) is 10.5. The number of nitrogens with zero attached hydrogens (tertiary/aromatic N) is 4. The first-order valence-electron chi connectivity index (χ1n) is 12.3. The lowest BCUT2D eigenvalue weighted by atomic mass is 9.97. The molecule has 0 aliphatic carbocycles. The number of hydrogen-bond donors (Lipinski definition) is 1. The van der Waals surface area contributed by atoms with Crippen LogP contribution < -0.4 is 10.2 Å². The fraction of sp³-hybridized carbons (Fsp3) is 0.500. The van der Waals surface area contributed by atoms with Crippen LogP contribution in [-0.2, 0) is 16.1 Å². The van der Waals surface area contributed by atoms with Crippen molar-refractivity contribution in [3.05, 3.63) is 60.2 Å². The second-order valence-electron chi connectivity index (χ2n) is 9.15. The lowest BCUT2D eigenvalue weighted by Crippen LogP contribution is -2.50. The molecule has 0 bridgehead atoms. The van der Waals surface area contributed by atoms with Gasteiger partial charge in [0.25, 0.3) is 0 Å². The molecule has 1 N–H and O–H groups in total. The van der Waals surface area contributed by atoms with Gasteiger partial charge in [-0.05, 0) is 61.7 Å². The topological polar surface area (TPSA) is 68.8 Å². The van der Waals surface area contributed by atoms with E-state index < -0.39 is 0 Å². The van der Waals surface area contributed by atoms with Crippen LogP contribution in [0.5, 0.6) is 0 Å². The number of anilines is 1. The number of carbonyl (C=O) groups is 2. The van der Waals surface area contributed by atoms with Crippen molar-refractivity contribution in [2.75, 3.05) is 50.7 Å². The monoisotopic (exact) mass is 467 g/mol. The lowest BCUT2D eigenvalue weighted by Gasteiger charge is -2.37. The van der Waals surface area contributed by atoms with E-state index in [2.05, 4.69) is 26.2 Å². The third kappa shape index (κ3) is 6.76. The average Bonchev–Trinajstić information content (AvgIpc) is 2.90. The van der Waals surface area contributed by atoms with Crippen LogP contribution in [-0.4, -0.2) is 72.4 Å². The van der Waals surface area contributed by atoms with E-state index >= 15 is 0 Å². The van der Waals surface area contributed by atoms with Crippen LogP contribution in [0.15, 0.2) is 48.8 Å². The molecule has 182 valence electrons. The first kappa shape index (κ1) is 24.1. The molecule has 1 atom stereocenters. The minimum absolute atomic E-state index is 0.0391. The third-order valence-corrected chi connectivity index (χ3v) is 6.76. The van der Waals surface area contributed by atoms with Gasteiger partial charge in [-0.2, -0.15) is 0 Å². The SMILES string of the molecule is O=C1CCN(Cc2cccnc2)CCCC(C(=O)N2CCN(c3ccc(F)cc3)CC2)CCN1. The van der Waals surface area contributed by atoms with Crippen molar-refractivity contribution in [2.24, 2.45) is 5.92 Å². The number of piperazine rings is 1. The molecule has 7 nitrogen and oxygen atoms in total. The Bertz CT molecular complexity index is 932. The summed E-state index contributed by atoms with van der Waals surface area (Å²) in [5.41, 5.74) is 2.12. The van der Waals surface area contributed by atoms with Crippen molar-refractivity contribution in [1.82, 2.24) is 20.1 Å². The maximum absolute atomic E-state index is 13.4. The van der Waals surface area contributed by atoms with Crippen molar-refractivity contribution in [2.45, 2.75) is 32.2 Å². The third-order valence-electron chi connectivity index (χ3n) is 6.76. The molecule has 0 radical (unpaired) electrons. The zero-order chi connectivity index (χ0) is 23.8. The Morgan fingerprint density at radius 2 is 1.82 bits per heavy atom. The largest absolute Gasteiger partial charge is 0.368 e. The summed E-state index contributed by atoms with van der Waals surface area (Å²) in [6.07, 6.45) is 6.49. The van der Waals surface area contributed by atoms with Gasteiger partial charge in [0.15, 0.2) is 0 Å². The van der Waals surface area contributed by atoms with Crippen molar-refractivity contribution in [3.8, 4) is 0 Å². The standard InChI is InChI=1S/C26H34FN5O2/c27-23-5-7-24(8-6-23)31-15-17-32(18-16-31)26(34)22-4-2-13-30(14-10-25(33)29-12-9-22)20-21-3-1-11-28-19-21/h1,3,5-8,11,19,22H,2,4,9-10,12-18,20H2,(H,29,33). The number of amides is 2. The second kappa shape index (κ2) is 11.9. The van der Waals surface area contributed by atoms with E-state index in [-0.39, 0.29) is 23.5 Å². The predicted molar refractivity (Wildman–Crippen MR) is 130 cm³/mol. The van der Waals surface area contributed by atoms with Crippen molar-refractivity contribution in [3.63, 3.8) is 0 Å². The molecule has 34 heavy (non-hydrogen) atoms. The van der Waals surface area contributed by atoms with E-state index in [0.717, 1.165) is 50.3 Å². The molecule has 2 fully saturated rings. The van der Waals surface area contributed by atoms with Crippen LogP contribution in [0.25, 0.3) is 0 Å². The molecule has 2 amide bonds. The molecular weight excluding hydrogens is 433 g/mol. The first-order chi connectivity index (χ1) is 16.6. The Labute approximate surface area is 200 Å². The molecule has 3 heterocycles. The Morgan fingerprint density at radius 3 is 2.56 bits per heavy atom. The van der Waals surface area contributed by atoms with Gasteiger partial charge in [0, 0.05) is 76.2 Å². The number of halogens is 1. The normalized spacial score (nSPS) is 21.0. The van der Waals surface area contributed by atoms with Crippen LogP contribution >= 0.6 is 0 Å². The summed E-state index contributed by atoms with van der Waals surface area (Å²) in [4.78, 5) is 36.3. The summed E-state index contributed by atoms with van der Waals surface area (Å²) in [6.45, 7) is 5.63. The number of benzene rings is 1. The molecule has 8 heteroatoms. The Hall–Kier alpha value is -3.00. The van der Waals surface area contributed by atoms with Crippen LogP contribution in [0.3, 0.4) is 0 Å². The number of rotatable bonds is 4. The van der Waals surface area contributed by atoms with Crippen LogP contribution in [0.1, 0.15) is 31.2 Å². The molecule has 1 unspecified atom stereocenters. The Morgan fingerprint density at radius 1 is 1.03 bits per heavy atom. The molecule has 4 rings (SSSR count). The van der Waals surface area contributed by atoms with E-state index in [9.17, 15) is 14.0 Å². The minimum Gasteiger partial charge on any atom is -0.368 e. The number of carbonyl (C=O) groups excluding carboxylic acids is 2. The molecule has 1 aromatic carbocycles. The maximum atomic E-state index is 13.4. The van der Waals surface area contributed by atoms with Gasteiger partial charge in [-0.1, -0.05) is 6.07 Å². The van der Waals surface area contributed by atoms with Gasteiger partial charge in [0.05, 0.1) is 0 Å². The van der Waals surface area contributed by atoms with Gasteiger partial charge in [0.1, 0.15) is 5.82 Å². The van der Waals surface area contributed by atoms with Gasteiger partial charge in [-0.15, -0.1) is 0 Å². The fourth-order valence-corrected chi connectivity index (χ4v) is 4.80. The van der Waals surface area contributed by atoms with Gasteiger partial charge in [0.2, 0.25) is 11.8 Å². The second-order valence-corrected chi connectivity index (χ2v) is 9.15. The summed E-state index contributed by atoms with van der Waals surface area (Å²) in [5.74, 6) is -0.102. The Kier molecular flexibility index (Phi) is 8.46. The quantitative estimate of drug-likeness (QED) is 0.749. The van der Waals surface area contributed by atoms with Crippen LogP contribution in [0.2, 0.25) is 0 Å². The average molecular weight is 468 g/mol. The summed E-state index contributed by atoms with van der Waals surface area (Å²) >= 11 is 0. The molecule has 0 saturated carbocycles. The predicted octanol–water partition coefficient (Wildman–Crippen LogP) is 2.68. The van der Waals surface area contributed by atoms with Crippen molar-refractivity contribution < 1.29 is 14.0 Å². The van der Waals surface area contributed by atoms with Gasteiger partial charge >= 0.3 is 0 Å². The molecule has 2 saturated heterocycles. The molecule has 2 aliphatic heterocycles. The van der Waals surface area contributed by atoms with E-state index in [0.29, 0.717) is 39.0 Å². The Balaban J connectivity index is 1.32. The summed E-state index contributed by atoms with van der Waals surface area (Å²) < 4.78 is 13.2. The smallest absolute Gasteiger partial charge is 0.225 e. The van der Waals surface area contributed by atoms with Crippen molar-refractivity contribution >= 4 is 17.5 Å². The summed E-state index contributed by atoms with van der Waals surface area (Å²) in [7, 11) is 0. The maximum Gasteiger partial charge on any atom is 0.225 e. The fourth-order valence-electron chi connectivity index (χ4n) is 4.80. The zero-order valence-electron chi connectivity index (χ0n) is 19.7. The number of hydrogen-bond acceptors (Lipinski definition) is 5. The molecular formula is C26H34FN5O2. The number of pyridine rings is 1. The zero-order valence-corrected chi connectivity index (χ0v) is 19.7. The van der Waals surface area contributed by atoms with Gasteiger partial charge in [-0.25, -0.2) is 4.39 Å². The molecule has 0 spiro atoms. The van der Waals surface area contributed by atoms with E-state index in [4.69, 9.17) is 0 Å². The van der Waals surface area contributed by atoms with Gasteiger partial charge in [-0.3, -0.25) is 19.5 Å². The highest BCUT2D eigenvalue weighted by Crippen LogP contribution is 2.21. The van der Waals surface area contributed by atoms with Gasteiger partial charge < -0.3 is 15.1 Å². The number of nitrogens with one attached hydrogen (secondary N) is 1. The molecule has 2 aromatic rings. The minimum atomic E-state index is -0.240. The van der Waals surface area contributed by atoms with Crippen molar-refractivity contribution in [1.29, 1.82) is 0 Å².